The van der Waals surface area contributed by atoms with Gasteiger partial charge in [-0.2, -0.15) is 0 Å². The molecule has 2 N–H and O–H groups in total. The summed E-state index contributed by atoms with van der Waals surface area (Å²) in [7, 11) is 0.0686. The van der Waals surface area contributed by atoms with E-state index >= 15 is 0 Å². The largest absolute Gasteiger partial charge is 0.322 e. The topological polar surface area (TPSA) is 90.9 Å². The number of anilines is 1. The van der Waals surface area contributed by atoms with Gasteiger partial charge in [-0.1, -0.05) is 36.4 Å². The van der Waals surface area contributed by atoms with Crippen molar-refractivity contribution in [2.24, 2.45) is 4.99 Å². The van der Waals surface area contributed by atoms with E-state index < -0.39 is 10.0 Å². The molecule has 0 heterocycles. The van der Waals surface area contributed by atoms with E-state index in [2.05, 4.69) is 21.6 Å². The second kappa shape index (κ2) is 12.1. The lowest BCUT2D eigenvalue weighted by molar-refractivity contribution is 0.102. The van der Waals surface area contributed by atoms with Crippen LogP contribution in [0, 0.1) is 6.92 Å². The number of allylic oxidation sites excluding steroid dienone is 1. The van der Waals surface area contributed by atoms with Gasteiger partial charge in [0, 0.05) is 29.9 Å². The minimum atomic E-state index is -3.65. The first-order valence-corrected chi connectivity index (χ1v) is 13.1. The minimum absolute atomic E-state index is 0.0922. The van der Waals surface area contributed by atoms with E-state index in [1.54, 1.807) is 24.3 Å². The number of benzene rings is 3. The van der Waals surface area contributed by atoms with Crippen molar-refractivity contribution in [2.75, 3.05) is 32.5 Å². The van der Waals surface area contributed by atoms with Gasteiger partial charge in [0.15, 0.2) is 0 Å². The van der Waals surface area contributed by atoms with Crippen LogP contribution in [0.3, 0.4) is 0 Å². The standard InChI is InChI=1S/C27H29ClN4O3S/c1-5-25(31-26-9-7-6-8-19(26)2)23-18-21(12-15-24(23)28)30-27(33)20-10-13-22(14-11-20)36(34,35)29-16-17-32(3)4/h5-15,18,29H,1,16-17H2,2-4H3,(H,30,33)/b31-25+. The molecule has 3 aromatic carbocycles. The SMILES string of the molecule is C=C/C(=N\c1ccccc1C)c1cc(NC(=O)c2ccc(S(=O)(=O)NCCN(C)C)cc2)ccc1Cl. The second-order valence-corrected chi connectivity index (χ2v) is 10.5. The molecular weight excluding hydrogens is 496 g/mol. The van der Waals surface area contributed by atoms with Crippen LogP contribution in [0.15, 0.2) is 89.3 Å². The number of nitrogens with one attached hydrogen (secondary N) is 2. The number of carbonyl (C=O) groups is 1. The number of likely N-dealkylation sites (N-methyl/N-ethyl adjacent to an activating group) is 1. The molecule has 0 fully saturated rings. The van der Waals surface area contributed by atoms with Gasteiger partial charge < -0.3 is 10.2 Å². The van der Waals surface area contributed by atoms with Crippen LogP contribution in [-0.2, 0) is 10.0 Å². The van der Waals surface area contributed by atoms with Gasteiger partial charge in [0.05, 0.1) is 21.3 Å². The fraction of sp³-hybridized carbons (Fsp3) is 0.185. The van der Waals surface area contributed by atoms with Crippen molar-refractivity contribution in [3.63, 3.8) is 0 Å². The van der Waals surface area contributed by atoms with Gasteiger partial charge in [-0.05, 0) is 81.2 Å². The van der Waals surface area contributed by atoms with Crippen LogP contribution in [0.5, 0.6) is 0 Å². The lowest BCUT2D eigenvalue weighted by Crippen LogP contribution is -2.31. The second-order valence-electron chi connectivity index (χ2n) is 8.36. The number of para-hydroxylation sites is 1. The maximum absolute atomic E-state index is 12.8. The summed E-state index contributed by atoms with van der Waals surface area (Å²) in [5.74, 6) is -0.385. The van der Waals surface area contributed by atoms with Crippen molar-refractivity contribution >= 4 is 44.6 Å². The highest BCUT2D eigenvalue weighted by Gasteiger charge is 2.15. The first-order chi connectivity index (χ1) is 17.1. The van der Waals surface area contributed by atoms with Gasteiger partial charge in [0.25, 0.3) is 5.91 Å². The van der Waals surface area contributed by atoms with Crippen LogP contribution in [0.4, 0.5) is 11.4 Å². The quantitative estimate of drug-likeness (QED) is 0.363. The maximum Gasteiger partial charge on any atom is 0.255 e. The number of sulfonamides is 1. The van der Waals surface area contributed by atoms with Gasteiger partial charge >= 0.3 is 0 Å². The van der Waals surface area contributed by atoms with E-state index in [9.17, 15) is 13.2 Å². The third-order valence-corrected chi connectivity index (χ3v) is 7.13. The predicted molar refractivity (Wildman–Crippen MR) is 147 cm³/mol. The molecule has 9 heteroatoms. The zero-order valence-electron chi connectivity index (χ0n) is 20.5. The highest BCUT2D eigenvalue weighted by molar-refractivity contribution is 7.89. The molecule has 1 amide bonds. The summed E-state index contributed by atoms with van der Waals surface area (Å²) in [5, 5.41) is 3.30. The number of halogens is 1. The monoisotopic (exact) mass is 524 g/mol. The molecule has 0 aliphatic rings. The molecule has 0 spiro atoms. The van der Waals surface area contributed by atoms with Gasteiger partial charge in [0.2, 0.25) is 10.0 Å². The summed E-state index contributed by atoms with van der Waals surface area (Å²) < 4.78 is 27.4. The fourth-order valence-corrected chi connectivity index (χ4v) is 4.54. The lowest BCUT2D eigenvalue weighted by Gasteiger charge is -2.12. The summed E-state index contributed by atoms with van der Waals surface area (Å²) in [5.41, 5.74) is 3.83. The summed E-state index contributed by atoms with van der Waals surface area (Å²) >= 11 is 6.44. The van der Waals surface area contributed by atoms with E-state index in [-0.39, 0.29) is 17.3 Å². The number of hydrogen-bond acceptors (Lipinski definition) is 5. The Morgan fingerprint density at radius 2 is 1.78 bits per heavy atom. The third-order valence-electron chi connectivity index (χ3n) is 5.33. The van der Waals surface area contributed by atoms with Gasteiger partial charge in [0.1, 0.15) is 0 Å². The van der Waals surface area contributed by atoms with E-state index in [1.165, 1.54) is 24.3 Å². The van der Waals surface area contributed by atoms with E-state index in [4.69, 9.17) is 11.6 Å². The van der Waals surface area contributed by atoms with Crippen LogP contribution in [0.25, 0.3) is 0 Å². The van der Waals surface area contributed by atoms with E-state index in [0.717, 1.165) is 11.3 Å². The number of carbonyl (C=O) groups excluding carboxylic acids is 1. The predicted octanol–water partition coefficient (Wildman–Crippen LogP) is 5.05. The molecule has 3 rings (SSSR count). The molecule has 0 aliphatic carbocycles. The molecule has 0 radical (unpaired) electrons. The van der Waals surface area contributed by atoms with Crippen LogP contribution < -0.4 is 10.0 Å². The Morgan fingerprint density at radius 3 is 2.42 bits per heavy atom. The van der Waals surface area contributed by atoms with E-state index in [1.807, 2.05) is 50.2 Å². The molecule has 0 bridgehead atoms. The number of aryl methyl sites for hydroxylation is 1. The average Bonchev–Trinajstić information content (AvgIpc) is 2.84. The molecule has 0 saturated carbocycles. The van der Waals surface area contributed by atoms with Gasteiger partial charge in [-0.25, -0.2) is 18.1 Å². The summed E-state index contributed by atoms with van der Waals surface area (Å²) in [4.78, 5) is 19.5. The molecule has 3 aromatic rings. The van der Waals surface area contributed by atoms with Crippen LogP contribution in [0.1, 0.15) is 21.5 Å². The number of rotatable bonds is 10. The molecular formula is C27H29ClN4O3S. The number of hydrogen-bond donors (Lipinski definition) is 2. The summed E-state index contributed by atoms with van der Waals surface area (Å²) in [6.45, 7) is 6.69. The molecule has 0 saturated heterocycles. The Balaban J connectivity index is 1.78. The summed E-state index contributed by atoms with van der Waals surface area (Å²) in [6, 6.07) is 18.6. The van der Waals surface area contributed by atoms with Crippen LogP contribution >= 0.6 is 11.6 Å². The Morgan fingerprint density at radius 1 is 1.08 bits per heavy atom. The summed E-state index contributed by atoms with van der Waals surface area (Å²) in [6.07, 6.45) is 1.62. The highest BCUT2D eigenvalue weighted by Crippen LogP contribution is 2.25. The van der Waals surface area contributed by atoms with Crippen LogP contribution in [-0.4, -0.2) is 52.1 Å². The fourth-order valence-electron chi connectivity index (χ4n) is 3.31. The first-order valence-electron chi connectivity index (χ1n) is 11.2. The molecule has 0 atom stereocenters. The van der Waals surface area contributed by atoms with Crippen molar-refractivity contribution < 1.29 is 13.2 Å². The Bertz CT molecular complexity index is 1380. The zero-order valence-corrected chi connectivity index (χ0v) is 22.0. The Kier molecular flexibility index (Phi) is 9.17. The van der Waals surface area contributed by atoms with Crippen molar-refractivity contribution in [2.45, 2.75) is 11.8 Å². The molecule has 0 unspecified atom stereocenters. The molecule has 36 heavy (non-hydrogen) atoms. The zero-order chi connectivity index (χ0) is 26.3. The van der Waals surface area contributed by atoms with Gasteiger partial charge in [-0.15, -0.1) is 0 Å². The molecule has 0 aromatic heterocycles. The van der Waals surface area contributed by atoms with Gasteiger partial charge in [-0.3, -0.25) is 4.79 Å². The van der Waals surface area contributed by atoms with Crippen molar-refractivity contribution in [1.82, 2.24) is 9.62 Å². The normalized spacial score (nSPS) is 12.0. The van der Waals surface area contributed by atoms with E-state index in [0.29, 0.717) is 34.1 Å². The first kappa shape index (κ1) is 27.3. The van der Waals surface area contributed by atoms with Crippen molar-refractivity contribution in [1.29, 1.82) is 0 Å². The van der Waals surface area contributed by atoms with Crippen molar-refractivity contribution in [3.8, 4) is 0 Å². The average molecular weight is 525 g/mol. The third kappa shape index (κ3) is 7.11. The molecule has 188 valence electrons. The lowest BCUT2D eigenvalue weighted by atomic mass is 10.1. The van der Waals surface area contributed by atoms with Crippen molar-refractivity contribution in [3.05, 3.63) is 101 Å². The molecule has 7 nitrogen and oxygen atoms in total. The Hall–Kier alpha value is -3.30. The highest BCUT2D eigenvalue weighted by atomic mass is 35.5. The number of amides is 1. The van der Waals surface area contributed by atoms with Crippen LogP contribution in [0.2, 0.25) is 5.02 Å². The number of nitrogens with zero attached hydrogens (tertiary/aromatic N) is 2. The molecule has 0 aliphatic heterocycles. The minimum Gasteiger partial charge on any atom is -0.322 e. The number of aliphatic imine (C=N–C) groups is 1. The smallest absolute Gasteiger partial charge is 0.255 e. The maximum atomic E-state index is 12.8. The Labute approximate surface area is 217 Å².